The molecule has 1 saturated carbocycles. The van der Waals surface area contributed by atoms with Gasteiger partial charge in [-0.15, -0.1) is 0 Å². The van der Waals surface area contributed by atoms with Crippen molar-refractivity contribution in [2.45, 2.75) is 63.2 Å². The summed E-state index contributed by atoms with van der Waals surface area (Å²) in [5.74, 6) is 2.10. The zero-order valence-corrected chi connectivity index (χ0v) is 21.7. The van der Waals surface area contributed by atoms with Crippen LogP contribution in [0.15, 0.2) is 71.4 Å². The Morgan fingerprint density at radius 2 is 1.66 bits per heavy atom. The second-order valence-electron chi connectivity index (χ2n) is 10.7. The molecule has 4 atom stereocenters. The van der Waals surface area contributed by atoms with E-state index in [1.807, 2.05) is 25.3 Å². The van der Waals surface area contributed by atoms with Gasteiger partial charge in [-0.1, -0.05) is 48.3 Å². The number of hydrogen-bond acceptors (Lipinski definition) is 8. The van der Waals surface area contributed by atoms with E-state index in [9.17, 15) is 0 Å². The third-order valence-corrected chi connectivity index (χ3v) is 8.40. The maximum absolute atomic E-state index is 5.35. The van der Waals surface area contributed by atoms with E-state index in [0.717, 1.165) is 42.3 Å². The van der Waals surface area contributed by atoms with Crippen LogP contribution in [-0.4, -0.2) is 57.4 Å². The van der Waals surface area contributed by atoms with Gasteiger partial charge in [0.05, 0.1) is 11.7 Å². The van der Waals surface area contributed by atoms with Crippen LogP contribution in [0.2, 0.25) is 0 Å². The standard InChI is InChI=1S/C30H33N7O/c1-20-32-29(38-35-20)22-11-13-23(14-12-22)36-18-16-28-26(19-36)33-25-9-5-6-10-27(25)37(28)30-31-17-15-24(34-30)21-7-3-2-4-8-21/h2-4,7-8,11-15,17,25-28,33H,5-6,9-10,16,18-19H2,1H3/t25-,26-,27-,28?/m1/s1. The van der Waals surface area contributed by atoms with Crippen molar-refractivity contribution in [2.24, 2.45) is 0 Å². The highest BCUT2D eigenvalue weighted by molar-refractivity contribution is 5.61. The summed E-state index contributed by atoms with van der Waals surface area (Å²) in [5, 5.41) is 7.99. The van der Waals surface area contributed by atoms with Gasteiger partial charge in [-0.25, -0.2) is 9.97 Å². The molecule has 0 spiro atoms. The number of aryl methyl sites for hydroxylation is 1. The number of rotatable bonds is 4. The molecule has 2 aromatic heterocycles. The van der Waals surface area contributed by atoms with Crippen LogP contribution in [0.5, 0.6) is 0 Å². The van der Waals surface area contributed by atoms with Crippen molar-refractivity contribution >= 4 is 11.6 Å². The Balaban J connectivity index is 1.15. The van der Waals surface area contributed by atoms with E-state index in [4.69, 9.17) is 14.5 Å². The number of piperidine rings is 1. The molecule has 8 heteroatoms. The Bertz CT molecular complexity index is 1390. The van der Waals surface area contributed by atoms with Crippen LogP contribution in [0.3, 0.4) is 0 Å². The Morgan fingerprint density at radius 1 is 0.842 bits per heavy atom. The minimum absolute atomic E-state index is 0.352. The average molecular weight is 508 g/mol. The van der Waals surface area contributed by atoms with Crippen molar-refractivity contribution in [3.05, 3.63) is 72.7 Å². The van der Waals surface area contributed by atoms with Gasteiger partial charge in [0.1, 0.15) is 0 Å². The van der Waals surface area contributed by atoms with E-state index in [2.05, 4.69) is 73.8 Å². The van der Waals surface area contributed by atoms with Crippen molar-refractivity contribution in [3.63, 3.8) is 0 Å². The summed E-state index contributed by atoms with van der Waals surface area (Å²) in [6.45, 7) is 3.79. The Kier molecular flexibility index (Phi) is 6.04. The molecule has 38 heavy (non-hydrogen) atoms. The monoisotopic (exact) mass is 507 g/mol. The molecular weight excluding hydrogens is 474 g/mol. The van der Waals surface area contributed by atoms with Gasteiger partial charge in [-0.3, -0.25) is 0 Å². The van der Waals surface area contributed by atoms with Crippen molar-refractivity contribution < 1.29 is 4.52 Å². The maximum atomic E-state index is 5.35. The molecule has 1 aliphatic carbocycles. The summed E-state index contributed by atoms with van der Waals surface area (Å²) < 4.78 is 5.35. The summed E-state index contributed by atoms with van der Waals surface area (Å²) in [5.41, 5.74) is 4.31. The predicted octanol–water partition coefficient (Wildman–Crippen LogP) is 4.87. The summed E-state index contributed by atoms with van der Waals surface area (Å²) in [7, 11) is 0. The van der Waals surface area contributed by atoms with Gasteiger partial charge in [0.25, 0.3) is 5.89 Å². The van der Waals surface area contributed by atoms with Crippen LogP contribution < -0.4 is 15.1 Å². The number of anilines is 2. The van der Waals surface area contributed by atoms with Crippen LogP contribution in [0, 0.1) is 6.92 Å². The van der Waals surface area contributed by atoms with Crippen molar-refractivity contribution in [3.8, 4) is 22.7 Å². The van der Waals surface area contributed by atoms with Crippen LogP contribution in [0.1, 0.15) is 37.9 Å². The number of nitrogens with zero attached hydrogens (tertiary/aromatic N) is 6. The lowest BCUT2D eigenvalue weighted by atomic mass is 9.82. The summed E-state index contributed by atoms with van der Waals surface area (Å²) in [6.07, 6.45) is 7.95. The first-order valence-corrected chi connectivity index (χ1v) is 13.8. The molecule has 7 rings (SSSR count). The van der Waals surface area contributed by atoms with Crippen molar-refractivity contribution in [1.29, 1.82) is 0 Å². The lowest BCUT2D eigenvalue weighted by molar-refractivity contribution is 0.187. The highest BCUT2D eigenvalue weighted by Crippen LogP contribution is 2.37. The molecule has 8 nitrogen and oxygen atoms in total. The van der Waals surface area contributed by atoms with E-state index < -0.39 is 0 Å². The summed E-state index contributed by atoms with van der Waals surface area (Å²) in [4.78, 5) is 19.4. The molecule has 3 aliphatic rings. The zero-order chi connectivity index (χ0) is 25.5. The third-order valence-electron chi connectivity index (χ3n) is 8.40. The molecular formula is C30H33N7O. The molecule has 1 unspecified atom stereocenters. The number of piperazine rings is 1. The smallest absolute Gasteiger partial charge is 0.257 e. The normalized spacial score (nSPS) is 25.1. The largest absolute Gasteiger partial charge is 0.370 e. The maximum Gasteiger partial charge on any atom is 0.257 e. The van der Waals surface area contributed by atoms with Crippen LogP contribution in [0.25, 0.3) is 22.7 Å². The highest BCUT2D eigenvalue weighted by Gasteiger charge is 2.46. The van der Waals surface area contributed by atoms with Crippen LogP contribution in [0.4, 0.5) is 11.6 Å². The summed E-state index contributed by atoms with van der Waals surface area (Å²) in [6, 6.07) is 22.6. The van der Waals surface area contributed by atoms with Gasteiger partial charge in [0.2, 0.25) is 5.95 Å². The first-order valence-electron chi connectivity index (χ1n) is 13.8. The molecule has 3 fully saturated rings. The third kappa shape index (κ3) is 4.32. The fourth-order valence-electron chi connectivity index (χ4n) is 6.60. The molecule has 0 bridgehead atoms. The minimum Gasteiger partial charge on any atom is -0.370 e. The van der Waals surface area contributed by atoms with Gasteiger partial charge in [0.15, 0.2) is 5.82 Å². The fraction of sp³-hybridized carbons (Fsp3) is 0.400. The molecule has 2 aromatic carbocycles. The predicted molar refractivity (Wildman–Crippen MR) is 148 cm³/mol. The van der Waals surface area contributed by atoms with E-state index in [0.29, 0.717) is 35.9 Å². The first kappa shape index (κ1) is 23.3. The Morgan fingerprint density at radius 3 is 2.47 bits per heavy atom. The van der Waals surface area contributed by atoms with Gasteiger partial charge in [-0.2, -0.15) is 4.98 Å². The van der Waals surface area contributed by atoms with Crippen molar-refractivity contribution in [2.75, 3.05) is 22.9 Å². The molecule has 0 amide bonds. The molecule has 2 saturated heterocycles. The number of nitrogens with one attached hydrogen (secondary N) is 1. The molecule has 2 aliphatic heterocycles. The number of aromatic nitrogens is 4. The van der Waals surface area contributed by atoms with Gasteiger partial charge >= 0.3 is 0 Å². The molecule has 4 heterocycles. The van der Waals surface area contributed by atoms with Crippen LogP contribution >= 0.6 is 0 Å². The minimum atomic E-state index is 0.352. The Hall–Kier alpha value is -3.78. The average Bonchev–Trinajstić information content (AvgIpc) is 3.42. The van der Waals surface area contributed by atoms with Crippen molar-refractivity contribution in [1.82, 2.24) is 25.4 Å². The molecule has 1 N–H and O–H groups in total. The van der Waals surface area contributed by atoms with Gasteiger partial charge in [0, 0.05) is 54.2 Å². The van der Waals surface area contributed by atoms with Crippen LogP contribution in [-0.2, 0) is 0 Å². The quantitative estimate of drug-likeness (QED) is 0.419. The highest BCUT2D eigenvalue weighted by atomic mass is 16.5. The molecule has 0 radical (unpaired) electrons. The second kappa shape index (κ2) is 9.83. The topological polar surface area (TPSA) is 83.2 Å². The Labute approximate surface area is 223 Å². The second-order valence-corrected chi connectivity index (χ2v) is 10.7. The van der Waals surface area contributed by atoms with E-state index in [1.165, 1.54) is 31.4 Å². The van der Waals surface area contributed by atoms with E-state index in [1.54, 1.807) is 0 Å². The zero-order valence-electron chi connectivity index (χ0n) is 21.7. The first-order chi connectivity index (χ1) is 18.7. The lowest BCUT2D eigenvalue weighted by Crippen LogP contribution is -2.72. The molecule has 194 valence electrons. The number of hydrogen-bond donors (Lipinski definition) is 1. The molecule has 4 aromatic rings. The van der Waals surface area contributed by atoms with Gasteiger partial charge in [-0.05, 0) is 56.5 Å². The number of benzene rings is 2. The lowest BCUT2D eigenvalue weighted by Gasteiger charge is -2.55. The van der Waals surface area contributed by atoms with Gasteiger partial charge < -0.3 is 19.6 Å². The van der Waals surface area contributed by atoms with E-state index >= 15 is 0 Å². The SMILES string of the molecule is Cc1noc(-c2ccc(N3CCC4[C@@H](C3)N[C@@H]3CCCC[C@H]3N4c3nccc(-c4ccccc4)n3)cc2)n1. The summed E-state index contributed by atoms with van der Waals surface area (Å²) >= 11 is 0. The fourth-order valence-corrected chi connectivity index (χ4v) is 6.60. The van der Waals surface area contributed by atoms with E-state index in [-0.39, 0.29) is 0 Å². The number of fused-ring (bicyclic) bond motifs is 2.